The Bertz CT molecular complexity index is 1420. The topological polar surface area (TPSA) is 108 Å². The van der Waals surface area contributed by atoms with Gasteiger partial charge < -0.3 is 29.6 Å². The van der Waals surface area contributed by atoms with E-state index >= 15 is 0 Å². The van der Waals surface area contributed by atoms with Gasteiger partial charge in [-0.1, -0.05) is 69.2 Å². The van der Waals surface area contributed by atoms with Crippen molar-refractivity contribution in [1.82, 2.24) is 9.97 Å². The van der Waals surface area contributed by atoms with E-state index in [0.29, 0.717) is 37.1 Å². The summed E-state index contributed by atoms with van der Waals surface area (Å²) in [6.07, 6.45) is 5.30. The van der Waals surface area contributed by atoms with Gasteiger partial charge in [-0.3, -0.25) is 4.79 Å². The van der Waals surface area contributed by atoms with Gasteiger partial charge in [0.1, 0.15) is 12.4 Å². The number of nitrogens with zero attached hydrogens (tertiary/aromatic N) is 2. The predicted molar refractivity (Wildman–Crippen MR) is 171 cm³/mol. The number of hydrogen-bond donors (Lipinski definition) is 3. The van der Waals surface area contributed by atoms with Gasteiger partial charge in [-0.05, 0) is 62.4 Å². The zero-order chi connectivity index (χ0) is 30.6. The number of likely N-dealkylation sites (N-methyl/N-ethyl adjacent to an activating group) is 1. The number of ether oxygens (including phenoxy) is 2. The average molecular weight is 586 g/mol. The van der Waals surface area contributed by atoms with Gasteiger partial charge >= 0.3 is 5.97 Å². The third-order valence-corrected chi connectivity index (χ3v) is 7.32. The summed E-state index contributed by atoms with van der Waals surface area (Å²) in [6.45, 7) is 7.66. The molecule has 3 N–H and O–H groups in total. The summed E-state index contributed by atoms with van der Waals surface area (Å²) >= 11 is 0. The lowest BCUT2D eigenvalue weighted by Gasteiger charge is -2.20. The van der Waals surface area contributed by atoms with Crippen LogP contribution in [0.4, 0.5) is 5.69 Å². The summed E-state index contributed by atoms with van der Waals surface area (Å²) in [4.78, 5) is 21.8. The number of phenolic OH excluding ortho intramolecular Hbond substituents is 1. The second kappa shape index (κ2) is 15.7. The maximum absolute atomic E-state index is 11.3. The average Bonchev–Trinajstić information content (AvgIpc) is 3.45. The Morgan fingerprint density at radius 1 is 0.860 bits per heavy atom. The largest absolute Gasteiger partial charge is 0.502 e. The Morgan fingerprint density at radius 2 is 1.49 bits per heavy atom. The second-order valence-electron chi connectivity index (χ2n) is 10.6. The summed E-state index contributed by atoms with van der Waals surface area (Å²) < 4.78 is 11.9. The number of hydrogen-bond acceptors (Lipinski definition) is 6. The van der Waals surface area contributed by atoms with Gasteiger partial charge in [-0.25, -0.2) is 4.98 Å². The Labute approximate surface area is 254 Å². The Hall–Kier alpha value is -4.46. The summed E-state index contributed by atoms with van der Waals surface area (Å²) in [5.41, 5.74) is 5.58. The number of carboxylic acids is 1. The Morgan fingerprint density at radius 3 is 2.05 bits per heavy atom. The number of unbranched alkanes of at least 4 members (excludes halogenated alkanes) is 2. The van der Waals surface area contributed by atoms with Gasteiger partial charge in [-0.15, -0.1) is 0 Å². The molecule has 228 valence electrons. The summed E-state index contributed by atoms with van der Waals surface area (Å²) in [6, 6.07) is 21.8. The van der Waals surface area contributed by atoms with Crippen molar-refractivity contribution in [3.8, 4) is 39.9 Å². The van der Waals surface area contributed by atoms with Crippen molar-refractivity contribution in [3.63, 3.8) is 0 Å². The highest BCUT2D eigenvalue weighted by atomic mass is 16.5. The molecule has 1 heterocycles. The van der Waals surface area contributed by atoms with E-state index in [-0.39, 0.29) is 12.3 Å². The number of aliphatic carboxylic acids is 1. The van der Waals surface area contributed by atoms with Crippen molar-refractivity contribution in [2.75, 3.05) is 31.2 Å². The van der Waals surface area contributed by atoms with Gasteiger partial charge in [0, 0.05) is 29.1 Å². The molecule has 0 aliphatic carbocycles. The second-order valence-corrected chi connectivity index (χ2v) is 10.6. The number of aromatic hydroxyl groups is 1. The van der Waals surface area contributed by atoms with Gasteiger partial charge in [0.15, 0.2) is 11.5 Å². The van der Waals surface area contributed by atoms with Crippen molar-refractivity contribution in [2.45, 2.75) is 59.3 Å². The minimum atomic E-state index is -0.865. The quantitative estimate of drug-likeness (QED) is 0.110. The molecule has 8 nitrogen and oxygen atoms in total. The number of nitrogens with one attached hydrogen (secondary N) is 1. The van der Waals surface area contributed by atoms with Gasteiger partial charge in [0.05, 0.1) is 18.9 Å². The first-order valence-corrected chi connectivity index (χ1v) is 15.3. The monoisotopic (exact) mass is 585 g/mol. The van der Waals surface area contributed by atoms with Crippen LogP contribution in [0, 0.1) is 0 Å². The molecule has 0 aliphatic heterocycles. The predicted octanol–water partition coefficient (Wildman–Crippen LogP) is 7.50. The number of phenols is 1. The number of rotatable bonds is 17. The van der Waals surface area contributed by atoms with Crippen LogP contribution >= 0.6 is 0 Å². The highest BCUT2D eigenvalue weighted by molar-refractivity contribution is 5.75. The standard InChI is InChI=1S/C35H43N3O5/c1-4-7-20-42-30-22-27(23-31(34(30)41)43-21-8-5-2)35-36-29(19-14-25-12-10-9-11-13-25)33(37-35)26-15-17-28(18-16-26)38(6-3)24-32(39)40/h9-13,15-18,22-23,41H,4-8,14,19-21,24H2,1-3H3,(H,36,37)(H,39,40). The fraction of sp³-hybridized carbons (Fsp3) is 0.371. The fourth-order valence-electron chi connectivity index (χ4n) is 4.85. The Kier molecular flexibility index (Phi) is 11.5. The molecule has 43 heavy (non-hydrogen) atoms. The van der Waals surface area contributed by atoms with Crippen LogP contribution in [0.2, 0.25) is 0 Å². The molecule has 0 amide bonds. The number of carboxylic acid groups (broad SMARTS) is 1. The van der Waals surface area contributed by atoms with Crippen LogP contribution in [0.15, 0.2) is 66.7 Å². The Balaban J connectivity index is 1.73. The third kappa shape index (κ3) is 8.53. The first-order chi connectivity index (χ1) is 20.9. The van der Waals surface area contributed by atoms with Gasteiger partial charge in [0.2, 0.25) is 5.75 Å². The number of carbonyl (C=O) groups is 1. The van der Waals surface area contributed by atoms with E-state index in [1.807, 2.05) is 66.4 Å². The van der Waals surface area contributed by atoms with Crippen molar-refractivity contribution in [2.24, 2.45) is 0 Å². The number of imidazole rings is 1. The van der Waals surface area contributed by atoms with E-state index in [1.54, 1.807) is 0 Å². The van der Waals surface area contributed by atoms with Crippen molar-refractivity contribution in [3.05, 3.63) is 78.0 Å². The molecule has 0 atom stereocenters. The van der Waals surface area contributed by atoms with Crippen LogP contribution < -0.4 is 14.4 Å². The molecule has 0 unspecified atom stereocenters. The molecule has 4 rings (SSSR count). The molecular weight excluding hydrogens is 542 g/mol. The molecule has 0 aliphatic rings. The van der Waals surface area contributed by atoms with E-state index in [2.05, 4.69) is 31.0 Å². The number of aromatic amines is 1. The fourth-order valence-corrected chi connectivity index (χ4v) is 4.85. The highest BCUT2D eigenvalue weighted by Crippen LogP contribution is 2.41. The van der Waals surface area contributed by atoms with Gasteiger partial charge in [0.25, 0.3) is 0 Å². The lowest BCUT2D eigenvalue weighted by molar-refractivity contribution is -0.135. The van der Waals surface area contributed by atoms with Crippen LogP contribution in [0.3, 0.4) is 0 Å². The molecule has 0 saturated carbocycles. The summed E-state index contributed by atoms with van der Waals surface area (Å²) in [7, 11) is 0. The van der Waals surface area contributed by atoms with E-state index in [1.165, 1.54) is 5.56 Å². The first-order valence-electron chi connectivity index (χ1n) is 15.3. The third-order valence-electron chi connectivity index (χ3n) is 7.32. The van der Waals surface area contributed by atoms with Crippen LogP contribution in [-0.2, 0) is 17.6 Å². The van der Waals surface area contributed by atoms with Crippen LogP contribution in [0.1, 0.15) is 57.7 Å². The summed E-state index contributed by atoms with van der Waals surface area (Å²) in [5.74, 6) is 0.553. The highest BCUT2D eigenvalue weighted by Gasteiger charge is 2.19. The molecule has 3 aromatic carbocycles. The molecule has 0 radical (unpaired) electrons. The van der Waals surface area contributed by atoms with Crippen molar-refractivity contribution >= 4 is 11.7 Å². The molecule has 0 saturated heterocycles. The molecular formula is C35H43N3O5. The van der Waals surface area contributed by atoms with E-state index in [9.17, 15) is 15.0 Å². The number of aromatic nitrogens is 2. The maximum atomic E-state index is 11.3. The smallest absolute Gasteiger partial charge is 0.323 e. The van der Waals surface area contributed by atoms with E-state index in [4.69, 9.17) is 14.5 Å². The molecule has 4 aromatic rings. The number of H-pyrrole nitrogens is 1. The summed E-state index contributed by atoms with van der Waals surface area (Å²) in [5, 5.41) is 20.2. The molecule has 8 heteroatoms. The minimum absolute atomic E-state index is 0.00413. The lowest BCUT2D eigenvalue weighted by atomic mass is 10.0. The van der Waals surface area contributed by atoms with E-state index < -0.39 is 5.97 Å². The molecule has 0 fully saturated rings. The number of anilines is 1. The number of aryl methyl sites for hydroxylation is 2. The molecule has 0 bridgehead atoms. The van der Waals surface area contributed by atoms with Crippen molar-refractivity contribution < 1.29 is 24.5 Å². The lowest BCUT2D eigenvalue weighted by Crippen LogP contribution is -2.29. The maximum Gasteiger partial charge on any atom is 0.323 e. The van der Waals surface area contributed by atoms with Crippen LogP contribution in [0.25, 0.3) is 22.6 Å². The SMILES string of the molecule is CCCCOc1cc(-c2nc(-c3ccc(N(CC)CC(=O)O)cc3)c(CCc3ccccc3)[nH]2)cc(OCCCC)c1O. The molecule has 1 aromatic heterocycles. The van der Waals surface area contributed by atoms with Gasteiger partial charge in [-0.2, -0.15) is 0 Å². The zero-order valence-electron chi connectivity index (χ0n) is 25.4. The molecule has 0 spiro atoms. The number of benzene rings is 3. The zero-order valence-corrected chi connectivity index (χ0v) is 25.4. The first kappa shape index (κ1) is 31.5. The van der Waals surface area contributed by atoms with Crippen LogP contribution in [0.5, 0.6) is 17.2 Å². The minimum Gasteiger partial charge on any atom is -0.502 e. The normalized spacial score (nSPS) is 11.0. The van der Waals surface area contributed by atoms with E-state index in [0.717, 1.165) is 66.7 Å². The van der Waals surface area contributed by atoms with Crippen LogP contribution in [-0.4, -0.2) is 52.5 Å². The van der Waals surface area contributed by atoms with Crippen molar-refractivity contribution in [1.29, 1.82) is 0 Å².